The molecule has 0 saturated heterocycles. The predicted octanol–water partition coefficient (Wildman–Crippen LogP) is 2.52. The van der Waals surface area contributed by atoms with Crippen LogP contribution in [-0.4, -0.2) is 17.3 Å². The minimum absolute atomic E-state index is 0.413. The van der Waals surface area contributed by atoms with Crippen LogP contribution in [0.15, 0.2) is 15.9 Å². The zero-order chi connectivity index (χ0) is 10.0. The molecule has 2 nitrogen and oxygen atoms in total. The first-order valence-electron chi connectivity index (χ1n) is 4.85. The number of aliphatic hydroxyl groups is 1. The van der Waals surface area contributed by atoms with E-state index in [1.165, 1.54) is 11.3 Å². The highest BCUT2D eigenvalue weighted by molar-refractivity contribution is 9.10. The van der Waals surface area contributed by atoms with Crippen molar-refractivity contribution in [3.05, 3.63) is 20.8 Å². The molecule has 2 rings (SSSR count). The van der Waals surface area contributed by atoms with Crippen LogP contribution >= 0.6 is 27.3 Å². The Morgan fingerprint density at radius 1 is 1.57 bits per heavy atom. The van der Waals surface area contributed by atoms with Gasteiger partial charge in [-0.05, 0) is 46.6 Å². The van der Waals surface area contributed by atoms with Gasteiger partial charge in [-0.25, -0.2) is 0 Å². The standard InChI is InChI=1S/C10H14BrNOS/c11-8-2-5-14-9(8)6-12-7-10(13)3-1-4-10/h2,5,12-13H,1,3-4,6-7H2. The predicted molar refractivity (Wildman–Crippen MR) is 62.5 cm³/mol. The van der Waals surface area contributed by atoms with Gasteiger partial charge in [-0.2, -0.15) is 0 Å². The smallest absolute Gasteiger partial charge is 0.0771 e. The molecule has 0 amide bonds. The van der Waals surface area contributed by atoms with Crippen LogP contribution in [0.3, 0.4) is 0 Å². The molecule has 1 saturated carbocycles. The van der Waals surface area contributed by atoms with Crippen LogP contribution in [-0.2, 0) is 6.54 Å². The second-order valence-corrected chi connectivity index (χ2v) is 5.73. The van der Waals surface area contributed by atoms with Gasteiger partial charge in [-0.3, -0.25) is 0 Å². The van der Waals surface area contributed by atoms with Crippen molar-refractivity contribution in [2.24, 2.45) is 0 Å². The van der Waals surface area contributed by atoms with Crippen molar-refractivity contribution in [3.63, 3.8) is 0 Å². The highest BCUT2D eigenvalue weighted by atomic mass is 79.9. The summed E-state index contributed by atoms with van der Waals surface area (Å²) in [6, 6.07) is 2.06. The fourth-order valence-electron chi connectivity index (χ4n) is 1.62. The fraction of sp³-hybridized carbons (Fsp3) is 0.600. The van der Waals surface area contributed by atoms with Gasteiger partial charge >= 0.3 is 0 Å². The molecule has 78 valence electrons. The average Bonchev–Trinajstić information content (AvgIpc) is 2.49. The first-order chi connectivity index (χ1) is 6.70. The van der Waals surface area contributed by atoms with Crippen LogP contribution in [0.5, 0.6) is 0 Å². The van der Waals surface area contributed by atoms with Crippen LogP contribution in [0.1, 0.15) is 24.1 Å². The largest absolute Gasteiger partial charge is 0.389 e. The van der Waals surface area contributed by atoms with Gasteiger partial charge in [-0.15, -0.1) is 11.3 Å². The summed E-state index contributed by atoms with van der Waals surface area (Å²) in [7, 11) is 0. The van der Waals surface area contributed by atoms with Gasteiger partial charge in [0.25, 0.3) is 0 Å². The molecule has 0 radical (unpaired) electrons. The maximum absolute atomic E-state index is 9.84. The molecule has 1 fully saturated rings. The lowest BCUT2D eigenvalue weighted by atomic mass is 9.80. The quantitative estimate of drug-likeness (QED) is 0.885. The maximum Gasteiger partial charge on any atom is 0.0771 e. The second-order valence-electron chi connectivity index (χ2n) is 3.87. The molecule has 0 spiro atoms. The minimum atomic E-state index is -0.413. The molecule has 0 unspecified atom stereocenters. The zero-order valence-electron chi connectivity index (χ0n) is 7.92. The Balaban J connectivity index is 1.75. The molecule has 4 heteroatoms. The van der Waals surface area contributed by atoms with Crippen LogP contribution < -0.4 is 5.32 Å². The van der Waals surface area contributed by atoms with E-state index >= 15 is 0 Å². The van der Waals surface area contributed by atoms with Crippen molar-refractivity contribution in [2.75, 3.05) is 6.54 Å². The van der Waals surface area contributed by atoms with E-state index in [0.717, 1.165) is 30.4 Å². The molecule has 0 aliphatic heterocycles. The van der Waals surface area contributed by atoms with Gasteiger partial charge in [0.15, 0.2) is 0 Å². The third kappa shape index (κ3) is 2.37. The van der Waals surface area contributed by atoms with Crippen molar-refractivity contribution in [1.82, 2.24) is 5.32 Å². The van der Waals surface area contributed by atoms with E-state index in [1.807, 2.05) is 0 Å². The van der Waals surface area contributed by atoms with Crippen molar-refractivity contribution >= 4 is 27.3 Å². The lowest BCUT2D eigenvalue weighted by molar-refractivity contribution is -0.0314. The first kappa shape index (κ1) is 10.6. The van der Waals surface area contributed by atoms with Crippen LogP contribution in [0.2, 0.25) is 0 Å². The average molecular weight is 276 g/mol. The second kappa shape index (κ2) is 4.31. The number of hydrogen-bond donors (Lipinski definition) is 2. The molecular formula is C10H14BrNOS. The summed E-state index contributed by atoms with van der Waals surface area (Å²) in [5.74, 6) is 0. The van der Waals surface area contributed by atoms with Gasteiger partial charge in [0.2, 0.25) is 0 Å². The van der Waals surface area contributed by atoms with E-state index < -0.39 is 5.60 Å². The Labute approximate surface area is 96.5 Å². The lowest BCUT2D eigenvalue weighted by Gasteiger charge is -2.36. The lowest BCUT2D eigenvalue weighted by Crippen LogP contribution is -2.45. The normalized spacial score (nSPS) is 19.3. The Hall–Kier alpha value is 0.100. The number of thiophene rings is 1. The number of halogens is 1. The summed E-state index contributed by atoms with van der Waals surface area (Å²) in [6.07, 6.45) is 3.07. The summed E-state index contributed by atoms with van der Waals surface area (Å²) in [4.78, 5) is 1.30. The van der Waals surface area contributed by atoms with Crippen molar-refractivity contribution in [1.29, 1.82) is 0 Å². The Bertz CT molecular complexity index is 309. The summed E-state index contributed by atoms with van der Waals surface area (Å²) in [5, 5.41) is 15.2. The molecule has 14 heavy (non-hydrogen) atoms. The summed E-state index contributed by atoms with van der Waals surface area (Å²) >= 11 is 5.22. The van der Waals surface area contributed by atoms with Crippen molar-refractivity contribution in [3.8, 4) is 0 Å². The van der Waals surface area contributed by atoms with Gasteiger partial charge in [-0.1, -0.05) is 0 Å². The molecular weight excluding hydrogens is 262 g/mol. The highest BCUT2D eigenvalue weighted by Gasteiger charge is 2.33. The summed E-state index contributed by atoms with van der Waals surface area (Å²) in [5.41, 5.74) is -0.413. The van der Waals surface area contributed by atoms with Crippen LogP contribution in [0, 0.1) is 0 Å². The topological polar surface area (TPSA) is 32.3 Å². The first-order valence-corrected chi connectivity index (χ1v) is 6.52. The Morgan fingerprint density at radius 2 is 2.36 bits per heavy atom. The van der Waals surface area contributed by atoms with Gasteiger partial charge in [0.1, 0.15) is 0 Å². The van der Waals surface area contributed by atoms with E-state index in [-0.39, 0.29) is 0 Å². The van der Waals surface area contributed by atoms with E-state index in [1.54, 1.807) is 11.3 Å². The van der Waals surface area contributed by atoms with E-state index in [0.29, 0.717) is 0 Å². The fourth-order valence-corrected chi connectivity index (χ4v) is 3.08. The highest BCUT2D eigenvalue weighted by Crippen LogP contribution is 2.31. The number of rotatable bonds is 4. The molecule has 0 atom stereocenters. The van der Waals surface area contributed by atoms with E-state index in [9.17, 15) is 5.11 Å². The summed E-state index contributed by atoms with van der Waals surface area (Å²) < 4.78 is 1.16. The number of nitrogens with one attached hydrogen (secondary N) is 1. The Kier molecular flexibility index (Phi) is 3.27. The molecule has 1 aliphatic rings. The van der Waals surface area contributed by atoms with E-state index in [2.05, 4.69) is 32.7 Å². The molecule has 1 heterocycles. The van der Waals surface area contributed by atoms with Gasteiger partial charge in [0, 0.05) is 22.4 Å². The third-order valence-electron chi connectivity index (χ3n) is 2.71. The van der Waals surface area contributed by atoms with Crippen molar-refractivity contribution < 1.29 is 5.11 Å². The molecule has 2 N–H and O–H groups in total. The molecule has 0 bridgehead atoms. The van der Waals surface area contributed by atoms with Gasteiger partial charge < -0.3 is 10.4 Å². The van der Waals surface area contributed by atoms with Crippen LogP contribution in [0.25, 0.3) is 0 Å². The minimum Gasteiger partial charge on any atom is -0.389 e. The number of hydrogen-bond acceptors (Lipinski definition) is 3. The van der Waals surface area contributed by atoms with Gasteiger partial charge in [0.05, 0.1) is 5.60 Å². The molecule has 1 aromatic heterocycles. The molecule has 1 aliphatic carbocycles. The monoisotopic (exact) mass is 275 g/mol. The third-order valence-corrected chi connectivity index (χ3v) is 4.64. The Morgan fingerprint density at radius 3 is 2.86 bits per heavy atom. The molecule has 0 aromatic carbocycles. The van der Waals surface area contributed by atoms with E-state index in [4.69, 9.17) is 0 Å². The SMILES string of the molecule is OC1(CNCc2sccc2Br)CCC1. The van der Waals surface area contributed by atoms with Crippen molar-refractivity contribution in [2.45, 2.75) is 31.4 Å². The molecule has 1 aromatic rings. The maximum atomic E-state index is 9.84. The van der Waals surface area contributed by atoms with Crippen LogP contribution in [0.4, 0.5) is 0 Å². The zero-order valence-corrected chi connectivity index (χ0v) is 10.3. The summed E-state index contributed by atoms with van der Waals surface area (Å²) in [6.45, 7) is 1.57.